The summed E-state index contributed by atoms with van der Waals surface area (Å²) in [6.07, 6.45) is 1.58. The van der Waals surface area contributed by atoms with Gasteiger partial charge < -0.3 is 25.2 Å². The van der Waals surface area contributed by atoms with Crippen molar-refractivity contribution in [3.05, 3.63) is 0 Å². The number of amides is 2. The molecule has 2 aliphatic heterocycles. The Morgan fingerprint density at radius 3 is 2.90 bits per heavy atom. The van der Waals surface area contributed by atoms with Crippen molar-refractivity contribution in [3.8, 4) is 0 Å². The number of hydrogen-bond donors (Lipinski definition) is 3. The summed E-state index contributed by atoms with van der Waals surface area (Å²) in [5.74, 6) is -0.628. The molecule has 0 bridgehead atoms. The van der Waals surface area contributed by atoms with E-state index in [0.717, 1.165) is 6.42 Å². The first kappa shape index (κ1) is 15.1. The summed E-state index contributed by atoms with van der Waals surface area (Å²) in [6.45, 7) is 3.32. The zero-order valence-electron chi connectivity index (χ0n) is 11.7. The molecule has 2 amide bonds. The molecule has 0 aliphatic carbocycles. The number of aliphatic hydroxyl groups is 1. The molecule has 0 saturated carbocycles. The average Bonchev–Trinajstić information content (AvgIpc) is 2.99. The van der Waals surface area contributed by atoms with Crippen LogP contribution in [0.3, 0.4) is 0 Å². The third kappa shape index (κ3) is 2.88. The molecule has 0 spiro atoms. The molecule has 7 nitrogen and oxygen atoms in total. The van der Waals surface area contributed by atoms with E-state index in [1.807, 2.05) is 0 Å². The zero-order valence-corrected chi connectivity index (χ0v) is 11.7. The molecule has 0 radical (unpaired) electrons. The fourth-order valence-electron chi connectivity index (χ4n) is 2.76. The number of nitrogens with one attached hydrogen (secondary N) is 1. The Morgan fingerprint density at radius 2 is 2.25 bits per heavy atom. The van der Waals surface area contributed by atoms with Crippen molar-refractivity contribution in [2.24, 2.45) is 11.3 Å². The number of carbonyl (C=O) groups is 2. The van der Waals surface area contributed by atoms with Crippen LogP contribution in [0.2, 0.25) is 0 Å². The van der Waals surface area contributed by atoms with Crippen LogP contribution in [0.25, 0.3) is 0 Å². The van der Waals surface area contributed by atoms with Crippen molar-refractivity contribution in [1.29, 1.82) is 0 Å². The average molecular weight is 286 g/mol. The molecule has 7 heteroatoms. The van der Waals surface area contributed by atoms with E-state index in [2.05, 4.69) is 5.32 Å². The molecule has 3 N–H and O–H groups in total. The van der Waals surface area contributed by atoms with Gasteiger partial charge in [0, 0.05) is 19.7 Å². The first-order valence-electron chi connectivity index (χ1n) is 6.95. The number of likely N-dealkylation sites (tertiary alicyclic amines) is 1. The molecule has 2 heterocycles. The number of aliphatic hydroxyl groups excluding tert-OH is 1. The third-order valence-electron chi connectivity index (χ3n) is 4.35. The lowest BCUT2D eigenvalue weighted by atomic mass is 9.85. The van der Waals surface area contributed by atoms with E-state index >= 15 is 0 Å². The monoisotopic (exact) mass is 286 g/mol. The molecule has 114 valence electrons. The first-order valence-corrected chi connectivity index (χ1v) is 6.95. The standard InChI is InChI=1S/C13H22N2O5/c1-13(11(17)18)8-20-7-10(13)14-12(19)15-4-2-9(6-15)3-5-16/h9-10,16H,2-8H2,1H3,(H,14,19)(H,17,18). The highest BCUT2D eigenvalue weighted by Crippen LogP contribution is 2.29. The van der Waals surface area contributed by atoms with Crippen LogP contribution in [0.1, 0.15) is 19.8 Å². The van der Waals surface area contributed by atoms with Crippen molar-refractivity contribution in [2.75, 3.05) is 32.9 Å². The molecule has 20 heavy (non-hydrogen) atoms. The largest absolute Gasteiger partial charge is 0.481 e. The van der Waals surface area contributed by atoms with Gasteiger partial charge in [-0.15, -0.1) is 0 Å². The van der Waals surface area contributed by atoms with Crippen molar-refractivity contribution in [2.45, 2.75) is 25.8 Å². The van der Waals surface area contributed by atoms with Crippen molar-refractivity contribution < 1.29 is 24.5 Å². The molecule has 2 aliphatic rings. The Hall–Kier alpha value is -1.34. The van der Waals surface area contributed by atoms with E-state index in [9.17, 15) is 14.7 Å². The molecule has 0 aromatic heterocycles. The highest BCUT2D eigenvalue weighted by molar-refractivity contribution is 5.79. The van der Waals surface area contributed by atoms with E-state index < -0.39 is 17.4 Å². The summed E-state index contributed by atoms with van der Waals surface area (Å²) in [6, 6.07) is -0.752. The third-order valence-corrected chi connectivity index (χ3v) is 4.35. The molecule has 0 aromatic carbocycles. The summed E-state index contributed by atoms with van der Waals surface area (Å²) in [7, 11) is 0. The molecule has 2 saturated heterocycles. The van der Waals surface area contributed by atoms with E-state index in [1.54, 1.807) is 11.8 Å². The summed E-state index contributed by atoms with van der Waals surface area (Å²) in [5, 5.41) is 20.9. The molecule has 2 rings (SSSR count). The number of carboxylic acid groups (broad SMARTS) is 1. The smallest absolute Gasteiger partial charge is 0.317 e. The number of carbonyl (C=O) groups excluding carboxylic acids is 1. The Morgan fingerprint density at radius 1 is 1.50 bits per heavy atom. The number of hydrogen-bond acceptors (Lipinski definition) is 4. The number of carboxylic acids is 1. The second-order valence-electron chi connectivity index (χ2n) is 5.85. The molecular weight excluding hydrogens is 264 g/mol. The molecule has 0 aromatic rings. The fourth-order valence-corrected chi connectivity index (χ4v) is 2.76. The Balaban J connectivity index is 1.90. The van der Waals surface area contributed by atoms with Gasteiger partial charge in [-0.3, -0.25) is 4.79 Å². The number of nitrogens with zero attached hydrogens (tertiary/aromatic N) is 1. The predicted octanol–water partition coefficient (Wildman–Crippen LogP) is -0.110. The fraction of sp³-hybridized carbons (Fsp3) is 0.846. The maximum atomic E-state index is 12.2. The molecular formula is C13H22N2O5. The maximum absolute atomic E-state index is 12.2. The van der Waals surface area contributed by atoms with Gasteiger partial charge in [-0.25, -0.2) is 4.79 Å². The normalized spacial score (nSPS) is 33.4. The molecule has 2 fully saturated rings. The van der Waals surface area contributed by atoms with Crippen LogP contribution >= 0.6 is 0 Å². The van der Waals surface area contributed by atoms with Gasteiger partial charge in [-0.05, 0) is 25.7 Å². The van der Waals surface area contributed by atoms with E-state index in [1.165, 1.54) is 0 Å². The first-order chi connectivity index (χ1) is 9.47. The minimum absolute atomic E-state index is 0.112. The Labute approximate surface area is 117 Å². The lowest BCUT2D eigenvalue weighted by Gasteiger charge is -2.27. The van der Waals surface area contributed by atoms with Gasteiger partial charge in [-0.1, -0.05) is 0 Å². The highest BCUT2D eigenvalue weighted by Gasteiger charge is 2.47. The Bertz CT molecular complexity index is 389. The summed E-state index contributed by atoms with van der Waals surface area (Å²) >= 11 is 0. The predicted molar refractivity (Wildman–Crippen MR) is 70.3 cm³/mol. The van der Waals surface area contributed by atoms with Gasteiger partial charge in [0.1, 0.15) is 5.41 Å². The minimum Gasteiger partial charge on any atom is -0.481 e. The van der Waals surface area contributed by atoms with Crippen LogP contribution in [0.4, 0.5) is 4.79 Å². The van der Waals surface area contributed by atoms with Crippen LogP contribution < -0.4 is 5.32 Å². The van der Waals surface area contributed by atoms with Gasteiger partial charge in [-0.2, -0.15) is 0 Å². The van der Waals surface area contributed by atoms with Crippen LogP contribution in [0.5, 0.6) is 0 Å². The van der Waals surface area contributed by atoms with E-state index in [-0.39, 0.29) is 25.9 Å². The molecule has 3 unspecified atom stereocenters. The highest BCUT2D eigenvalue weighted by atomic mass is 16.5. The van der Waals surface area contributed by atoms with Crippen molar-refractivity contribution >= 4 is 12.0 Å². The number of aliphatic carboxylic acids is 1. The summed E-state index contributed by atoms with van der Waals surface area (Å²) in [5.41, 5.74) is -1.07. The number of rotatable bonds is 4. The van der Waals surface area contributed by atoms with Gasteiger partial charge >= 0.3 is 12.0 Å². The van der Waals surface area contributed by atoms with Crippen LogP contribution in [-0.4, -0.2) is 66.1 Å². The zero-order chi connectivity index (χ0) is 14.8. The van der Waals surface area contributed by atoms with Gasteiger partial charge in [0.2, 0.25) is 0 Å². The Kier molecular flexibility index (Phi) is 4.49. The lowest BCUT2D eigenvalue weighted by Crippen LogP contribution is -2.53. The van der Waals surface area contributed by atoms with Gasteiger partial charge in [0.05, 0.1) is 19.3 Å². The minimum atomic E-state index is -1.07. The van der Waals surface area contributed by atoms with Crippen LogP contribution in [-0.2, 0) is 9.53 Å². The van der Waals surface area contributed by atoms with Crippen LogP contribution in [0.15, 0.2) is 0 Å². The van der Waals surface area contributed by atoms with Crippen LogP contribution in [0, 0.1) is 11.3 Å². The lowest BCUT2D eigenvalue weighted by molar-refractivity contribution is -0.148. The maximum Gasteiger partial charge on any atom is 0.317 e. The SMILES string of the molecule is CC1(C(=O)O)COCC1NC(=O)N1CCC(CCO)C1. The van der Waals surface area contributed by atoms with E-state index in [4.69, 9.17) is 9.84 Å². The number of urea groups is 1. The van der Waals surface area contributed by atoms with Gasteiger partial charge in [0.25, 0.3) is 0 Å². The summed E-state index contributed by atoms with van der Waals surface area (Å²) < 4.78 is 5.21. The van der Waals surface area contributed by atoms with Crippen molar-refractivity contribution in [1.82, 2.24) is 10.2 Å². The second-order valence-corrected chi connectivity index (χ2v) is 5.85. The number of ether oxygens (including phenoxy) is 1. The van der Waals surface area contributed by atoms with Crippen molar-refractivity contribution in [3.63, 3.8) is 0 Å². The molecule has 3 atom stereocenters. The van der Waals surface area contributed by atoms with E-state index in [0.29, 0.717) is 25.4 Å². The van der Waals surface area contributed by atoms with Gasteiger partial charge in [0.15, 0.2) is 0 Å². The second kappa shape index (κ2) is 5.97. The topological polar surface area (TPSA) is 99.1 Å². The quantitative estimate of drug-likeness (QED) is 0.669. The summed E-state index contributed by atoms with van der Waals surface area (Å²) in [4.78, 5) is 25.1.